The van der Waals surface area contributed by atoms with Gasteiger partial charge in [-0.25, -0.2) is 13.2 Å². The van der Waals surface area contributed by atoms with E-state index in [2.05, 4.69) is 23.7 Å². The van der Waals surface area contributed by atoms with Crippen LogP contribution in [0.3, 0.4) is 0 Å². The molecule has 0 aliphatic heterocycles. The van der Waals surface area contributed by atoms with Crippen molar-refractivity contribution in [2.45, 2.75) is 19.8 Å². The molecule has 0 unspecified atom stereocenters. The fourth-order valence-corrected chi connectivity index (χ4v) is 2.60. The van der Waals surface area contributed by atoms with Gasteiger partial charge in [0.25, 0.3) is 0 Å². The van der Waals surface area contributed by atoms with Crippen LogP contribution in [0.25, 0.3) is 0 Å². The second-order valence-corrected chi connectivity index (χ2v) is 6.23. The third-order valence-corrected chi connectivity index (χ3v) is 4.10. The van der Waals surface area contributed by atoms with Crippen molar-refractivity contribution in [1.29, 1.82) is 0 Å². The zero-order valence-corrected chi connectivity index (χ0v) is 15.3. The van der Waals surface area contributed by atoms with Crippen molar-refractivity contribution in [2.75, 3.05) is 0 Å². The Labute approximate surface area is 163 Å². The highest BCUT2D eigenvalue weighted by atomic mass is 19.2. The number of hydrogen-bond donors (Lipinski definition) is 0. The van der Waals surface area contributed by atoms with Crippen molar-refractivity contribution in [1.82, 2.24) is 0 Å². The van der Waals surface area contributed by atoms with Gasteiger partial charge in [0.1, 0.15) is 5.82 Å². The zero-order chi connectivity index (χ0) is 19.9. The van der Waals surface area contributed by atoms with Crippen LogP contribution in [-0.4, -0.2) is 0 Å². The van der Waals surface area contributed by atoms with Crippen molar-refractivity contribution >= 4 is 0 Å². The van der Waals surface area contributed by atoms with Crippen LogP contribution < -0.4 is 0 Å². The molecule has 0 spiro atoms. The summed E-state index contributed by atoms with van der Waals surface area (Å²) >= 11 is 0. The first-order valence-corrected chi connectivity index (χ1v) is 8.93. The van der Waals surface area contributed by atoms with Gasteiger partial charge in [0.2, 0.25) is 0 Å². The molecule has 0 heterocycles. The van der Waals surface area contributed by atoms with Gasteiger partial charge in [-0.15, -0.1) is 0 Å². The molecule has 0 saturated heterocycles. The molecule has 0 saturated carbocycles. The molecule has 0 radical (unpaired) electrons. The van der Waals surface area contributed by atoms with E-state index < -0.39 is 11.6 Å². The van der Waals surface area contributed by atoms with Gasteiger partial charge < -0.3 is 0 Å². The monoisotopic (exact) mass is 374 g/mol. The van der Waals surface area contributed by atoms with Gasteiger partial charge in [-0.3, -0.25) is 0 Å². The summed E-state index contributed by atoms with van der Waals surface area (Å²) in [4.78, 5) is 0. The van der Waals surface area contributed by atoms with E-state index in [1.54, 1.807) is 42.5 Å². The Morgan fingerprint density at radius 1 is 0.607 bits per heavy atom. The average Bonchev–Trinajstić information content (AvgIpc) is 2.71. The lowest BCUT2D eigenvalue weighted by Crippen LogP contribution is -1.97. The van der Waals surface area contributed by atoms with Crippen molar-refractivity contribution in [3.05, 3.63) is 106 Å². The quantitative estimate of drug-likeness (QED) is 0.493. The number of rotatable bonds is 2. The van der Waals surface area contributed by atoms with Crippen LogP contribution in [0.15, 0.2) is 60.7 Å². The molecule has 28 heavy (non-hydrogen) atoms. The molecule has 0 aliphatic rings. The number of benzene rings is 3. The summed E-state index contributed by atoms with van der Waals surface area (Å²) in [6, 6.07) is 16.2. The molecule has 3 rings (SSSR count). The van der Waals surface area contributed by atoms with Crippen molar-refractivity contribution in [2.24, 2.45) is 0 Å². The summed E-state index contributed by atoms with van der Waals surface area (Å²) in [5, 5.41) is 0. The summed E-state index contributed by atoms with van der Waals surface area (Å²) in [7, 11) is 0. The summed E-state index contributed by atoms with van der Waals surface area (Å²) in [5.74, 6) is 9.44. The maximum atomic E-state index is 14.1. The molecule has 0 nitrogen and oxygen atoms in total. The lowest BCUT2D eigenvalue weighted by Gasteiger charge is -2.03. The van der Waals surface area contributed by atoms with Gasteiger partial charge in [-0.1, -0.05) is 43.1 Å². The Morgan fingerprint density at radius 2 is 1.11 bits per heavy atom. The van der Waals surface area contributed by atoms with Crippen molar-refractivity contribution in [3.8, 4) is 23.7 Å². The van der Waals surface area contributed by atoms with Gasteiger partial charge in [-0.05, 0) is 66.6 Å². The van der Waals surface area contributed by atoms with Crippen LogP contribution in [0.1, 0.15) is 41.2 Å². The third kappa shape index (κ3) is 4.84. The fraction of sp³-hybridized carbons (Fsp3) is 0.120. The molecule has 0 N–H and O–H groups in total. The topological polar surface area (TPSA) is 0 Å². The highest BCUT2D eigenvalue weighted by Gasteiger charge is 2.11. The molecule has 0 atom stereocenters. The molecule has 3 heteroatoms. The first-order valence-electron chi connectivity index (χ1n) is 8.93. The summed E-state index contributed by atoms with van der Waals surface area (Å²) in [6.07, 6.45) is 1.24. The summed E-state index contributed by atoms with van der Waals surface area (Å²) < 4.78 is 41.0. The van der Waals surface area contributed by atoms with Gasteiger partial charge in [0.15, 0.2) is 11.6 Å². The highest BCUT2D eigenvalue weighted by Crippen LogP contribution is 2.17. The molecule has 0 aromatic heterocycles. The molecule has 0 fully saturated rings. The first kappa shape index (κ1) is 19.3. The van der Waals surface area contributed by atoms with E-state index in [-0.39, 0.29) is 11.4 Å². The van der Waals surface area contributed by atoms with E-state index >= 15 is 0 Å². The van der Waals surface area contributed by atoms with Crippen LogP contribution in [-0.2, 0) is 6.42 Å². The van der Waals surface area contributed by atoms with E-state index in [0.29, 0.717) is 23.1 Å². The molecule has 3 aromatic rings. The minimum absolute atomic E-state index is 0.0394. The Balaban J connectivity index is 1.76. The van der Waals surface area contributed by atoms with Gasteiger partial charge >= 0.3 is 0 Å². The smallest absolute Gasteiger partial charge is 0.174 e. The first-order chi connectivity index (χ1) is 13.6. The molecular formula is C25H17F3. The lowest BCUT2D eigenvalue weighted by atomic mass is 10.1. The third-order valence-electron chi connectivity index (χ3n) is 4.10. The number of hydrogen-bond acceptors (Lipinski definition) is 0. The van der Waals surface area contributed by atoms with Crippen LogP contribution in [0.2, 0.25) is 0 Å². The SMILES string of the molecule is CCCc1ccc(C#Cc2ccc(C#Cc3ccc(F)cc3)cc2)c(F)c1F. The second-order valence-electron chi connectivity index (χ2n) is 6.23. The van der Waals surface area contributed by atoms with Gasteiger partial charge in [0, 0.05) is 16.7 Å². The minimum atomic E-state index is -0.903. The molecule has 138 valence electrons. The predicted octanol–water partition coefficient (Wildman–Crippen LogP) is 5.86. The van der Waals surface area contributed by atoms with E-state index in [9.17, 15) is 13.2 Å². The lowest BCUT2D eigenvalue weighted by molar-refractivity contribution is 0.496. The molecular weight excluding hydrogens is 357 g/mol. The molecule has 0 aliphatic carbocycles. The van der Waals surface area contributed by atoms with Gasteiger partial charge in [0.05, 0.1) is 5.56 Å². The molecule has 0 bridgehead atoms. The van der Waals surface area contributed by atoms with E-state index in [1.165, 1.54) is 18.2 Å². The van der Waals surface area contributed by atoms with Crippen LogP contribution in [0.5, 0.6) is 0 Å². The average molecular weight is 374 g/mol. The van der Waals surface area contributed by atoms with Crippen LogP contribution in [0.4, 0.5) is 13.2 Å². The van der Waals surface area contributed by atoms with Crippen LogP contribution >= 0.6 is 0 Å². The Bertz CT molecular complexity index is 1090. The van der Waals surface area contributed by atoms with E-state index in [4.69, 9.17) is 0 Å². The highest BCUT2D eigenvalue weighted by molar-refractivity contribution is 5.48. The Morgan fingerprint density at radius 3 is 1.64 bits per heavy atom. The van der Waals surface area contributed by atoms with E-state index in [0.717, 1.165) is 12.0 Å². The van der Waals surface area contributed by atoms with Crippen LogP contribution in [0, 0.1) is 41.1 Å². The summed E-state index contributed by atoms with van der Waals surface area (Å²) in [5.41, 5.74) is 2.57. The predicted molar refractivity (Wildman–Crippen MR) is 105 cm³/mol. The number of halogens is 3. The number of aryl methyl sites for hydroxylation is 1. The largest absolute Gasteiger partial charge is 0.207 e. The maximum absolute atomic E-state index is 14.1. The van der Waals surface area contributed by atoms with Gasteiger partial charge in [-0.2, -0.15) is 0 Å². The fourth-order valence-electron chi connectivity index (χ4n) is 2.60. The van der Waals surface area contributed by atoms with Crippen molar-refractivity contribution < 1.29 is 13.2 Å². The van der Waals surface area contributed by atoms with Crippen molar-refractivity contribution in [3.63, 3.8) is 0 Å². The minimum Gasteiger partial charge on any atom is -0.207 e. The Kier molecular flexibility index (Phi) is 6.20. The molecule has 3 aromatic carbocycles. The summed E-state index contributed by atoms with van der Waals surface area (Å²) in [6.45, 7) is 1.92. The second kappa shape index (κ2) is 8.98. The zero-order valence-electron chi connectivity index (χ0n) is 15.3. The normalized spacial score (nSPS) is 9.86. The van der Waals surface area contributed by atoms with E-state index in [1.807, 2.05) is 6.92 Å². The standard InChI is InChI=1S/C25H17F3/c1-2-3-21-14-15-22(25(28)24(21)27)13-10-19-7-4-18(5-8-19)6-9-20-11-16-23(26)17-12-20/h4-5,7-8,11-12,14-17H,2-3H2,1H3. The molecule has 0 amide bonds. The maximum Gasteiger partial charge on any atom is 0.174 e. The Hall–Kier alpha value is -3.43.